The van der Waals surface area contributed by atoms with Gasteiger partial charge in [0.05, 0.1) is 0 Å². The molecule has 0 spiro atoms. The molecule has 1 atom stereocenters. The van der Waals surface area contributed by atoms with E-state index >= 15 is 0 Å². The molecule has 0 fully saturated rings. The number of hydrogen-bond donors (Lipinski definition) is 0. The number of fused-ring (bicyclic) bond motifs is 1. The molecule has 2 rings (SSSR count). The van der Waals surface area contributed by atoms with E-state index in [1.54, 1.807) is 0 Å². The smallest absolute Gasteiger partial charge is 0.00529 e. The lowest BCUT2D eigenvalue weighted by molar-refractivity contribution is 1.29. The molecule has 0 aromatic carbocycles. The van der Waals surface area contributed by atoms with Gasteiger partial charge in [0, 0.05) is 0 Å². The summed E-state index contributed by atoms with van der Waals surface area (Å²) >= 11 is 0. The molecule has 1 heteroatoms. The van der Waals surface area contributed by atoms with Crippen molar-refractivity contribution in [1.82, 2.24) is 0 Å². The highest BCUT2D eigenvalue weighted by molar-refractivity contribution is 7.31. The molecule has 1 aliphatic carbocycles. The predicted octanol–water partition coefficient (Wildman–Crippen LogP) is 3.23. The molecule has 1 aliphatic rings. The topological polar surface area (TPSA) is 0 Å². The zero-order chi connectivity index (χ0) is 7.68. The van der Waals surface area contributed by atoms with Gasteiger partial charge in [0.15, 0.2) is 0 Å². The summed E-state index contributed by atoms with van der Waals surface area (Å²) in [4.78, 5) is 0. The highest BCUT2D eigenvalue weighted by Crippen LogP contribution is 2.27. The third-order valence-electron chi connectivity index (χ3n) is 1.96. The second-order valence-electron chi connectivity index (χ2n) is 2.91. The van der Waals surface area contributed by atoms with Gasteiger partial charge in [0.1, 0.15) is 0 Å². The second kappa shape index (κ2) is 2.71. The molecule has 0 bridgehead atoms. The summed E-state index contributed by atoms with van der Waals surface area (Å²) in [6, 6.07) is 2.26. The molecule has 56 valence electrons. The first-order valence-corrected chi connectivity index (χ1v) is 4.95. The van der Waals surface area contributed by atoms with Crippen LogP contribution >= 0.6 is 8.19 Å². The highest BCUT2D eigenvalue weighted by atomic mass is 31.0. The standard InChI is InChI=1S/C10H11P/c1-8-3-2-4-9-5-6-11-10(9)7-8/h2-3,5-7,11H,4H2,1H3. The van der Waals surface area contributed by atoms with Gasteiger partial charge in [-0.15, -0.1) is 8.19 Å². The van der Waals surface area contributed by atoms with E-state index < -0.39 is 0 Å². The van der Waals surface area contributed by atoms with Gasteiger partial charge in [0.25, 0.3) is 0 Å². The van der Waals surface area contributed by atoms with Crippen molar-refractivity contribution in [2.24, 2.45) is 0 Å². The van der Waals surface area contributed by atoms with Gasteiger partial charge >= 0.3 is 0 Å². The van der Waals surface area contributed by atoms with Crippen molar-refractivity contribution >= 4 is 14.3 Å². The van der Waals surface area contributed by atoms with Crippen LogP contribution in [0.15, 0.2) is 29.6 Å². The van der Waals surface area contributed by atoms with E-state index in [1.165, 1.54) is 16.4 Å². The molecule has 0 saturated heterocycles. The summed E-state index contributed by atoms with van der Waals surface area (Å²) in [5.41, 5.74) is 2.89. The van der Waals surface area contributed by atoms with Crippen LogP contribution in [-0.2, 0) is 6.42 Å². The Morgan fingerprint density at radius 1 is 1.45 bits per heavy atom. The Morgan fingerprint density at radius 3 is 3.27 bits per heavy atom. The van der Waals surface area contributed by atoms with Crippen molar-refractivity contribution in [3.8, 4) is 0 Å². The zero-order valence-electron chi connectivity index (χ0n) is 6.59. The second-order valence-corrected chi connectivity index (χ2v) is 4.07. The van der Waals surface area contributed by atoms with Crippen LogP contribution in [0, 0.1) is 0 Å². The maximum atomic E-state index is 2.30. The summed E-state index contributed by atoms with van der Waals surface area (Å²) in [5.74, 6) is 2.27. The average molecular weight is 162 g/mol. The molecule has 1 unspecified atom stereocenters. The zero-order valence-corrected chi connectivity index (χ0v) is 7.59. The van der Waals surface area contributed by atoms with Crippen molar-refractivity contribution in [3.05, 3.63) is 40.4 Å². The Morgan fingerprint density at radius 2 is 2.36 bits per heavy atom. The van der Waals surface area contributed by atoms with Gasteiger partial charge < -0.3 is 0 Å². The van der Waals surface area contributed by atoms with E-state index in [0.717, 1.165) is 14.6 Å². The Bertz CT molecular complexity index is 315. The fraction of sp³-hybridized carbons (Fsp3) is 0.200. The highest BCUT2D eigenvalue weighted by Gasteiger charge is 2.01. The lowest BCUT2D eigenvalue weighted by Gasteiger charge is -1.91. The van der Waals surface area contributed by atoms with Crippen LogP contribution < -0.4 is 0 Å². The summed E-state index contributed by atoms with van der Waals surface area (Å²) < 4.78 is 0. The molecular weight excluding hydrogens is 151 g/mol. The SMILES string of the molecule is CC1=Cc2[pH]ccc2CC=C1. The molecule has 11 heavy (non-hydrogen) atoms. The molecule has 1 heterocycles. The third kappa shape index (κ3) is 1.32. The monoisotopic (exact) mass is 162 g/mol. The molecule has 1 aromatic heterocycles. The lowest BCUT2D eigenvalue weighted by Crippen LogP contribution is -1.75. The Balaban J connectivity index is 2.52. The van der Waals surface area contributed by atoms with E-state index in [0.29, 0.717) is 0 Å². The van der Waals surface area contributed by atoms with Gasteiger partial charge in [-0.1, -0.05) is 23.8 Å². The minimum Gasteiger partial charge on any atom is -0.132 e. The number of allylic oxidation sites excluding steroid dienone is 3. The first-order chi connectivity index (χ1) is 5.36. The normalized spacial score (nSPS) is 16.3. The molecule has 0 radical (unpaired) electrons. The first kappa shape index (κ1) is 6.94. The maximum absolute atomic E-state index is 2.30. The Kier molecular flexibility index (Phi) is 1.71. The Labute approximate surface area is 68.7 Å². The number of hydrogen-bond acceptors (Lipinski definition) is 0. The molecule has 1 aromatic rings. The Hall–Kier alpha value is -0.740. The van der Waals surface area contributed by atoms with Crippen LogP contribution in [0.4, 0.5) is 0 Å². The largest absolute Gasteiger partial charge is 0.132 e. The maximum Gasteiger partial charge on any atom is -0.00529 e. The minimum atomic E-state index is 0.902. The van der Waals surface area contributed by atoms with Crippen LogP contribution in [-0.4, -0.2) is 0 Å². The molecular formula is C10H11P. The van der Waals surface area contributed by atoms with Crippen molar-refractivity contribution in [2.75, 3.05) is 0 Å². The molecule has 0 N–H and O–H groups in total. The van der Waals surface area contributed by atoms with Gasteiger partial charge in [-0.05, 0) is 36.1 Å². The summed E-state index contributed by atoms with van der Waals surface area (Å²) in [5, 5.41) is 1.53. The fourth-order valence-electron chi connectivity index (χ4n) is 1.37. The quantitative estimate of drug-likeness (QED) is 0.549. The van der Waals surface area contributed by atoms with Crippen molar-refractivity contribution < 1.29 is 0 Å². The van der Waals surface area contributed by atoms with E-state index in [9.17, 15) is 0 Å². The molecule has 0 aliphatic heterocycles. The van der Waals surface area contributed by atoms with Crippen LogP contribution in [0.2, 0.25) is 0 Å². The van der Waals surface area contributed by atoms with Gasteiger partial charge in [-0.25, -0.2) is 0 Å². The first-order valence-electron chi connectivity index (χ1n) is 3.87. The summed E-state index contributed by atoms with van der Waals surface area (Å²) in [6.07, 6.45) is 7.87. The van der Waals surface area contributed by atoms with Crippen molar-refractivity contribution in [3.63, 3.8) is 0 Å². The van der Waals surface area contributed by atoms with Gasteiger partial charge in [-0.3, -0.25) is 0 Å². The van der Waals surface area contributed by atoms with Gasteiger partial charge in [-0.2, -0.15) is 0 Å². The molecule has 0 amide bonds. The van der Waals surface area contributed by atoms with Crippen molar-refractivity contribution in [2.45, 2.75) is 13.3 Å². The third-order valence-corrected chi connectivity index (χ3v) is 3.07. The van der Waals surface area contributed by atoms with Gasteiger partial charge in [0.2, 0.25) is 0 Å². The van der Waals surface area contributed by atoms with Crippen LogP contribution in [0.5, 0.6) is 0 Å². The molecule has 0 saturated carbocycles. The van der Waals surface area contributed by atoms with Crippen LogP contribution in [0.3, 0.4) is 0 Å². The van der Waals surface area contributed by atoms with E-state index in [-0.39, 0.29) is 0 Å². The predicted molar refractivity (Wildman–Crippen MR) is 52.4 cm³/mol. The minimum absolute atomic E-state index is 0.902. The van der Waals surface area contributed by atoms with E-state index in [4.69, 9.17) is 0 Å². The fourth-order valence-corrected chi connectivity index (χ4v) is 2.52. The summed E-state index contributed by atoms with van der Waals surface area (Å²) in [6.45, 7) is 2.16. The summed E-state index contributed by atoms with van der Waals surface area (Å²) in [7, 11) is 0.902. The lowest BCUT2D eigenvalue weighted by atomic mass is 10.2. The van der Waals surface area contributed by atoms with E-state index in [2.05, 4.69) is 37.0 Å². The van der Waals surface area contributed by atoms with E-state index in [1.807, 2.05) is 0 Å². The molecule has 0 nitrogen and oxygen atoms in total. The van der Waals surface area contributed by atoms with Crippen LogP contribution in [0.1, 0.15) is 17.8 Å². The average Bonchev–Trinajstić information content (AvgIpc) is 2.31. The van der Waals surface area contributed by atoms with Crippen LogP contribution in [0.25, 0.3) is 6.08 Å². The van der Waals surface area contributed by atoms with Crippen molar-refractivity contribution in [1.29, 1.82) is 0 Å². The number of rotatable bonds is 0.